The number of aromatic nitrogens is 3. The minimum atomic E-state index is -0.607. The van der Waals surface area contributed by atoms with E-state index in [-0.39, 0.29) is 28.6 Å². The van der Waals surface area contributed by atoms with Gasteiger partial charge in [0.25, 0.3) is 5.88 Å². The fourth-order valence-electron chi connectivity index (χ4n) is 1.53. The van der Waals surface area contributed by atoms with Crippen molar-refractivity contribution in [1.82, 2.24) is 15.0 Å². The van der Waals surface area contributed by atoms with E-state index in [0.29, 0.717) is 5.69 Å². The number of pyridine rings is 1. The Labute approximate surface area is 125 Å². The molecule has 0 radical (unpaired) electrons. The van der Waals surface area contributed by atoms with Crippen LogP contribution in [0.25, 0.3) is 0 Å². The molecule has 21 heavy (non-hydrogen) atoms. The molecule has 9 heteroatoms. The molecule has 2 aromatic heterocycles. The van der Waals surface area contributed by atoms with Gasteiger partial charge in [-0.15, -0.1) is 0 Å². The monoisotopic (exact) mass is 309 g/mol. The summed E-state index contributed by atoms with van der Waals surface area (Å²) in [5.74, 6) is -0.118. The molecule has 0 fully saturated rings. The van der Waals surface area contributed by atoms with E-state index in [1.807, 2.05) is 0 Å². The van der Waals surface area contributed by atoms with Crippen molar-refractivity contribution in [3.8, 4) is 5.88 Å². The maximum atomic E-state index is 11.3. The Morgan fingerprint density at radius 3 is 2.76 bits per heavy atom. The first kappa shape index (κ1) is 14.9. The van der Waals surface area contributed by atoms with Crippen molar-refractivity contribution >= 4 is 28.8 Å². The van der Waals surface area contributed by atoms with Gasteiger partial charge in [0, 0.05) is 6.20 Å². The largest absolute Gasteiger partial charge is 0.470 e. The lowest BCUT2D eigenvalue weighted by Gasteiger charge is -2.11. The molecule has 2 aromatic rings. The van der Waals surface area contributed by atoms with Gasteiger partial charge in [0.1, 0.15) is 6.33 Å². The zero-order valence-corrected chi connectivity index (χ0v) is 12.0. The Morgan fingerprint density at radius 2 is 2.14 bits per heavy atom. The first-order chi connectivity index (χ1) is 9.99. The predicted molar refractivity (Wildman–Crippen MR) is 77.0 cm³/mol. The van der Waals surface area contributed by atoms with Gasteiger partial charge in [0.15, 0.2) is 5.15 Å². The number of anilines is 2. The number of nitrogens with one attached hydrogen (secondary N) is 1. The molecule has 0 aromatic carbocycles. The number of nitro groups is 1. The third kappa shape index (κ3) is 3.54. The summed E-state index contributed by atoms with van der Waals surface area (Å²) < 4.78 is 5.33. The molecule has 0 spiro atoms. The van der Waals surface area contributed by atoms with Gasteiger partial charge in [-0.3, -0.25) is 10.1 Å². The zero-order chi connectivity index (χ0) is 15.4. The van der Waals surface area contributed by atoms with E-state index >= 15 is 0 Å². The zero-order valence-electron chi connectivity index (χ0n) is 11.3. The van der Waals surface area contributed by atoms with Gasteiger partial charge < -0.3 is 10.1 Å². The standard InChI is InChI=1S/C12H12ClN5O3/c1-7(2)21-12-9(18(19)20)11(15-6-16-12)17-8-4-3-5-14-10(8)13/h3-7H,1-2H3,(H,15,16,17). The molecule has 0 atom stereocenters. The SMILES string of the molecule is CC(C)Oc1ncnc(Nc2cccnc2Cl)c1[N+](=O)[O-]. The van der Waals surface area contributed by atoms with Crippen molar-refractivity contribution < 1.29 is 9.66 Å². The molecule has 0 aliphatic rings. The highest BCUT2D eigenvalue weighted by molar-refractivity contribution is 6.32. The van der Waals surface area contributed by atoms with Crippen LogP contribution in [0.4, 0.5) is 17.2 Å². The average molecular weight is 310 g/mol. The second-order valence-electron chi connectivity index (χ2n) is 4.27. The topological polar surface area (TPSA) is 103 Å². The van der Waals surface area contributed by atoms with Gasteiger partial charge in [-0.25, -0.2) is 9.97 Å². The maximum Gasteiger partial charge on any atom is 0.373 e. The normalized spacial score (nSPS) is 10.5. The summed E-state index contributed by atoms with van der Waals surface area (Å²) in [6.07, 6.45) is 2.43. The van der Waals surface area contributed by atoms with Crippen LogP contribution in [0.15, 0.2) is 24.7 Å². The van der Waals surface area contributed by atoms with E-state index in [2.05, 4.69) is 20.3 Å². The van der Waals surface area contributed by atoms with Crippen LogP contribution in [-0.4, -0.2) is 26.0 Å². The van der Waals surface area contributed by atoms with E-state index < -0.39 is 4.92 Å². The van der Waals surface area contributed by atoms with Crippen molar-refractivity contribution in [3.63, 3.8) is 0 Å². The van der Waals surface area contributed by atoms with Gasteiger partial charge in [0.2, 0.25) is 5.82 Å². The summed E-state index contributed by atoms with van der Waals surface area (Å²) >= 11 is 5.91. The summed E-state index contributed by atoms with van der Waals surface area (Å²) in [6.45, 7) is 3.49. The molecule has 0 unspecified atom stereocenters. The highest BCUT2D eigenvalue weighted by Crippen LogP contribution is 2.34. The van der Waals surface area contributed by atoms with E-state index in [4.69, 9.17) is 16.3 Å². The quantitative estimate of drug-likeness (QED) is 0.514. The lowest BCUT2D eigenvalue weighted by atomic mass is 10.4. The first-order valence-electron chi connectivity index (χ1n) is 6.02. The number of hydrogen-bond acceptors (Lipinski definition) is 7. The average Bonchev–Trinajstić information content (AvgIpc) is 2.40. The Hall–Kier alpha value is -2.48. The molecule has 8 nitrogen and oxygen atoms in total. The lowest BCUT2D eigenvalue weighted by Crippen LogP contribution is -2.11. The molecule has 2 heterocycles. The van der Waals surface area contributed by atoms with Crippen LogP contribution in [0.1, 0.15) is 13.8 Å². The van der Waals surface area contributed by atoms with Crippen LogP contribution in [-0.2, 0) is 0 Å². The highest BCUT2D eigenvalue weighted by atomic mass is 35.5. The first-order valence-corrected chi connectivity index (χ1v) is 6.40. The lowest BCUT2D eigenvalue weighted by molar-refractivity contribution is -0.385. The van der Waals surface area contributed by atoms with Crippen molar-refractivity contribution in [1.29, 1.82) is 0 Å². The van der Waals surface area contributed by atoms with Crippen molar-refractivity contribution in [2.45, 2.75) is 20.0 Å². The van der Waals surface area contributed by atoms with E-state index in [0.717, 1.165) is 0 Å². The number of ether oxygens (including phenoxy) is 1. The van der Waals surface area contributed by atoms with Gasteiger partial charge in [-0.05, 0) is 26.0 Å². The Morgan fingerprint density at radius 1 is 1.38 bits per heavy atom. The molecule has 1 N–H and O–H groups in total. The smallest absolute Gasteiger partial charge is 0.373 e. The molecule has 0 saturated carbocycles. The second-order valence-corrected chi connectivity index (χ2v) is 4.62. The second kappa shape index (κ2) is 6.31. The highest BCUT2D eigenvalue weighted by Gasteiger charge is 2.25. The van der Waals surface area contributed by atoms with Gasteiger partial charge in [-0.1, -0.05) is 11.6 Å². The molecule has 0 amide bonds. The third-order valence-corrected chi connectivity index (χ3v) is 2.63. The van der Waals surface area contributed by atoms with Crippen LogP contribution in [0, 0.1) is 10.1 Å². The minimum Gasteiger partial charge on any atom is -0.470 e. The van der Waals surface area contributed by atoms with Gasteiger partial charge >= 0.3 is 5.69 Å². The fraction of sp³-hybridized carbons (Fsp3) is 0.250. The molecular weight excluding hydrogens is 298 g/mol. The van der Waals surface area contributed by atoms with Crippen molar-refractivity contribution in [2.24, 2.45) is 0 Å². The summed E-state index contributed by atoms with van der Waals surface area (Å²) in [4.78, 5) is 22.2. The van der Waals surface area contributed by atoms with E-state index in [1.54, 1.807) is 26.0 Å². The van der Waals surface area contributed by atoms with Crippen LogP contribution in [0.5, 0.6) is 5.88 Å². The Balaban J connectivity index is 2.44. The third-order valence-electron chi connectivity index (χ3n) is 2.33. The van der Waals surface area contributed by atoms with Crippen LogP contribution < -0.4 is 10.1 Å². The van der Waals surface area contributed by atoms with Gasteiger partial charge in [0.05, 0.1) is 16.7 Å². The van der Waals surface area contributed by atoms with Gasteiger partial charge in [-0.2, -0.15) is 4.98 Å². The molecular formula is C12H12ClN5O3. The molecule has 0 aliphatic heterocycles. The summed E-state index contributed by atoms with van der Waals surface area (Å²) in [6, 6.07) is 3.27. The number of nitrogens with zero attached hydrogens (tertiary/aromatic N) is 4. The Bertz CT molecular complexity index is 665. The molecule has 2 rings (SSSR count). The van der Waals surface area contributed by atoms with E-state index in [9.17, 15) is 10.1 Å². The fourth-order valence-corrected chi connectivity index (χ4v) is 1.70. The van der Waals surface area contributed by atoms with Crippen LogP contribution in [0.2, 0.25) is 5.15 Å². The molecule has 0 aliphatic carbocycles. The van der Waals surface area contributed by atoms with Crippen LogP contribution in [0.3, 0.4) is 0 Å². The maximum absolute atomic E-state index is 11.3. The Kier molecular flexibility index (Phi) is 4.49. The number of hydrogen-bond donors (Lipinski definition) is 1. The number of halogens is 1. The molecule has 0 bridgehead atoms. The summed E-state index contributed by atoms with van der Waals surface area (Å²) in [5.41, 5.74) is 0.0441. The summed E-state index contributed by atoms with van der Waals surface area (Å²) in [7, 11) is 0. The van der Waals surface area contributed by atoms with Crippen molar-refractivity contribution in [3.05, 3.63) is 39.9 Å². The summed E-state index contributed by atoms with van der Waals surface area (Å²) in [5, 5.41) is 14.2. The van der Waals surface area contributed by atoms with Crippen LogP contribution >= 0.6 is 11.6 Å². The number of rotatable bonds is 5. The predicted octanol–water partition coefficient (Wildman–Crippen LogP) is 2.96. The van der Waals surface area contributed by atoms with E-state index in [1.165, 1.54) is 12.5 Å². The minimum absolute atomic E-state index is 0.0134. The van der Waals surface area contributed by atoms with Crippen molar-refractivity contribution in [2.75, 3.05) is 5.32 Å². The molecule has 0 saturated heterocycles. The molecule has 110 valence electrons.